The van der Waals surface area contributed by atoms with Crippen LogP contribution in [0, 0.1) is 0 Å². The number of fused-ring (bicyclic) bond motifs is 1. The SMILES string of the molecule is C[C@H](NS(=O)(=O)c1ccc2c(c1)OCCCO2)C(=O)OCc1ccccc1. The zero-order chi connectivity index (χ0) is 19.3. The maximum Gasteiger partial charge on any atom is 0.324 e. The van der Waals surface area contributed by atoms with E-state index >= 15 is 0 Å². The summed E-state index contributed by atoms with van der Waals surface area (Å²) in [5, 5.41) is 0. The van der Waals surface area contributed by atoms with E-state index in [1.165, 1.54) is 19.1 Å². The molecule has 27 heavy (non-hydrogen) atoms. The molecule has 3 rings (SSSR count). The third-order valence-corrected chi connectivity index (χ3v) is 5.48. The van der Waals surface area contributed by atoms with Gasteiger partial charge in [0.15, 0.2) is 11.5 Å². The van der Waals surface area contributed by atoms with Crippen molar-refractivity contribution in [1.29, 1.82) is 0 Å². The number of carbonyl (C=O) groups is 1. The Balaban J connectivity index is 1.64. The maximum absolute atomic E-state index is 12.6. The summed E-state index contributed by atoms with van der Waals surface area (Å²) in [6, 6.07) is 12.5. The third-order valence-electron chi connectivity index (χ3n) is 3.94. The number of hydrogen-bond donors (Lipinski definition) is 1. The molecule has 0 amide bonds. The number of ether oxygens (including phenoxy) is 3. The molecule has 0 fully saturated rings. The summed E-state index contributed by atoms with van der Waals surface area (Å²) >= 11 is 0. The molecule has 0 aliphatic carbocycles. The van der Waals surface area contributed by atoms with Gasteiger partial charge in [0.05, 0.1) is 18.1 Å². The van der Waals surface area contributed by atoms with Crippen molar-refractivity contribution in [1.82, 2.24) is 4.72 Å². The molecule has 0 unspecified atom stereocenters. The highest BCUT2D eigenvalue weighted by Crippen LogP contribution is 2.31. The predicted molar refractivity (Wildman–Crippen MR) is 98.1 cm³/mol. The summed E-state index contributed by atoms with van der Waals surface area (Å²) in [5.74, 6) is 0.216. The monoisotopic (exact) mass is 391 g/mol. The van der Waals surface area contributed by atoms with E-state index in [4.69, 9.17) is 14.2 Å². The van der Waals surface area contributed by atoms with Crippen molar-refractivity contribution >= 4 is 16.0 Å². The van der Waals surface area contributed by atoms with Gasteiger partial charge in [-0.15, -0.1) is 0 Å². The van der Waals surface area contributed by atoms with E-state index in [1.807, 2.05) is 30.3 Å². The average molecular weight is 391 g/mol. The van der Waals surface area contributed by atoms with E-state index in [0.29, 0.717) is 24.7 Å². The first-order valence-corrected chi connectivity index (χ1v) is 10.1. The van der Waals surface area contributed by atoms with Gasteiger partial charge in [0.1, 0.15) is 12.6 Å². The third kappa shape index (κ3) is 4.99. The Morgan fingerprint density at radius 1 is 1.11 bits per heavy atom. The van der Waals surface area contributed by atoms with Crippen LogP contribution in [0.1, 0.15) is 18.9 Å². The molecule has 1 atom stereocenters. The number of benzene rings is 2. The van der Waals surface area contributed by atoms with Crippen molar-refractivity contribution in [3.63, 3.8) is 0 Å². The van der Waals surface area contributed by atoms with Crippen molar-refractivity contribution < 1.29 is 27.4 Å². The van der Waals surface area contributed by atoms with E-state index in [-0.39, 0.29) is 11.5 Å². The second-order valence-corrected chi connectivity index (χ2v) is 7.81. The zero-order valence-corrected chi connectivity index (χ0v) is 15.7. The number of carbonyl (C=O) groups excluding carboxylic acids is 1. The minimum absolute atomic E-state index is 0.00513. The van der Waals surface area contributed by atoms with Gasteiger partial charge in [-0.2, -0.15) is 4.72 Å². The van der Waals surface area contributed by atoms with Gasteiger partial charge in [-0.1, -0.05) is 30.3 Å². The van der Waals surface area contributed by atoms with Gasteiger partial charge in [0.25, 0.3) is 0 Å². The van der Waals surface area contributed by atoms with Crippen LogP contribution < -0.4 is 14.2 Å². The Hall–Kier alpha value is -2.58. The van der Waals surface area contributed by atoms with Crippen molar-refractivity contribution in [3.05, 3.63) is 54.1 Å². The van der Waals surface area contributed by atoms with Crippen LogP contribution in [0.15, 0.2) is 53.4 Å². The van der Waals surface area contributed by atoms with Crippen LogP contribution in [0.2, 0.25) is 0 Å². The molecular formula is C19H21NO6S. The number of rotatable bonds is 6. The van der Waals surface area contributed by atoms with Gasteiger partial charge in [0, 0.05) is 12.5 Å². The van der Waals surface area contributed by atoms with Gasteiger partial charge in [0.2, 0.25) is 10.0 Å². The van der Waals surface area contributed by atoms with Gasteiger partial charge >= 0.3 is 5.97 Å². The first-order chi connectivity index (χ1) is 13.0. The molecule has 1 N–H and O–H groups in total. The molecule has 8 heteroatoms. The largest absolute Gasteiger partial charge is 0.490 e. The Bertz CT molecular complexity index is 898. The average Bonchev–Trinajstić information content (AvgIpc) is 2.91. The highest BCUT2D eigenvalue weighted by molar-refractivity contribution is 7.89. The summed E-state index contributed by atoms with van der Waals surface area (Å²) < 4.78 is 43.7. The van der Waals surface area contributed by atoms with E-state index in [1.54, 1.807) is 6.07 Å². The first-order valence-electron chi connectivity index (χ1n) is 8.58. The fourth-order valence-electron chi connectivity index (χ4n) is 2.51. The van der Waals surface area contributed by atoms with Crippen molar-refractivity contribution in [2.24, 2.45) is 0 Å². The number of sulfonamides is 1. The van der Waals surface area contributed by atoms with Gasteiger partial charge < -0.3 is 14.2 Å². The van der Waals surface area contributed by atoms with Crippen LogP contribution >= 0.6 is 0 Å². The second kappa shape index (κ2) is 8.41. The van der Waals surface area contributed by atoms with Crippen molar-refractivity contribution in [2.75, 3.05) is 13.2 Å². The molecule has 2 aromatic rings. The second-order valence-electron chi connectivity index (χ2n) is 6.10. The highest BCUT2D eigenvalue weighted by atomic mass is 32.2. The topological polar surface area (TPSA) is 90.9 Å². The molecule has 1 heterocycles. The molecule has 2 aromatic carbocycles. The normalized spacial score (nSPS) is 14.9. The van der Waals surface area contributed by atoms with E-state index < -0.39 is 22.0 Å². The molecule has 1 aliphatic heterocycles. The molecule has 0 saturated heterocycles. The predicted octanol–water partition coefficient (Wildman–Crippen LogP) is 2.26. The summed E-state index contributed by atoms with van der Waals surface area (Å²) in [6.45, 7) is 2.48. The van der Waals surface area contributed by atoms with E-state index in [9.17, 15) is 13.2 Å². The summed E-state index contributed by atoms with van der Waals surface area (Å²) in [7, 11) is -3.92. The Kier molecular flexibility index (Phi) is 5.98. The van der Waals surface area contributed by atoms with Gasteiger partial charge in [-0.05, 0) is 24.6 Å². The lowest BCUT2D eigenvalue weighted by molar-refractivity contribution is -0.146. The molecular weight excluding hydrogens is 370 g/mol. The van der Waals surface area contributed by atoms with E-state index in [0.717, 1.165) is 12.0 Å². The molecule has 0 saturated carbocycles. The minimum atomic E-state index is -3.92. The Morgan fingerprint density at radius 3 is 2.56 bits per heavy atom. The van der Waals surface area contributed by atoms with Crippen LogP contribution in [-0.4, -0.2) is 33.6 Å². The summed E-state index contributed by atoms with van der Waals surface area (Å²) in [5.41, 5.74) is 0.823. The highest BCUT2D eigenvalue weighted by Gasteiger charge is 2.24. The van der Waals surface area contributed by atoms with Crippen molar-refractivity contribution in [3.8, 4) is 11.5 Å². The molecule has 0 radical (unpaired) electrons. The lowest BCUT2D eigenvalue weighted by Gasteiger charge is -2.15. The number of esters is 1. The van der Waals surface area contributed by atoms with Crippen LogP contribution in [0.4, 0.5) is 0 Å². The maximum atomic E-state index is 12.6. The quantitative estimate of drug-likeness (QED) is 0.760. The molecule has 0 spiro atoms. The molecule has 1 aliphatic rings. The number of hydrogen-bond acceptors (Lipinski definition) is 6. The van der Waals surface area contributed by atoms with Crippen LogP contribution in [0.3, 0.4) is 0 Å². The zero-order valence-electron chi connectivity index (χ0n) is 14.9. The van der Waals surface area contributed by atoms with Crippen LogP contribution in [0.25, 0.3) is 0 Å². The Labute approximate surface area is 158 Å². The smallest absolute Gasteiger partial charge is 0.324 e. The van der Waals surface area contributed by atoms with Crippen LogP contribution in [-0.2, 0) is 26.2 Å². The van der Waals surface area contributed by atoms with Gasteiger partial charge in [-0.3, -0.25) is 4.79 Å². The minimum Gasteiger partial charge on any atom is -0.490 e. The van der Waals surface area contributed by atoms with Crippen LogP contribution in [0.5, 0.6) is 11.5 Å². The summed E-state index contributed by atoms with van der Waals surface area (Å²) in [6.07, 6.45) is 0.722. The first kappa shape index (κ1) is 19.2. The van der Waals surface area contributed by atoms with E-state index in [2.05, 4.69) is 4.72 Å². The number of nitrogens with one attached hydrogen (secondary N) is 1. The standard InChI is InChI=1S/C19H21NO6S/c1-14(19(21)26-13-15-6-3-2-4-7-15)20-27(22,23)16-8-9-17-18(12-16)25-11-5-10-24-17/h2-4,6-9,12,14,20H,5,10-11,13H2,1H3/t14-/m0/s1. The molecule has 0 aromatic heterocycles. The fourth-order valence-corrected chi connectivity index (χ4v) is 3.72. The summed E-state index contributed by atoms with van der Waals surface area (Å²) in [4.78, 5) is 12.1. The van der Waals surface area contributed by atoms with Gasteiger partial charge in [-0.25, -0.2) is 8.42 Å². The Morgan fingerprint density at radius 2 is 1.81 bits per heavy atom. The fraction of sp³-hybridized carbons (Fsp3) is 0.316. The molecule has 0 bridgehead atoms. The van der Waals surface area contributed by atoms with Crippen molar-refractivity contribution in [2.45, 2.75) is 30.9 Å². The molecule has 144 valence electrons. The molecule has 7 nitrogen and oxygen atoms in total. The lowest BCUT2D eigenvalue weighted by atomic mass is 10.2. The lowest BCUT2D eigenvalue weighted by Crippen LogP contribution is -2.39.